The molecule has 0 saturated carbocycles. The maximum absolute atomic E-state index is 12.4. The van der Waals surface area contributed by atoms with Gasteiger partial charge >= 0.3 is 0 Å². The van der Waals surface area contributed by atoms with Crippen LogP contribution in [0.1, 0.15) is 15.9 Å². The number of benzene rings is 1. The number of rotatable bonds is 4. The Morgan fingerprint density at radius 1 is 1.50 bits per heavy atom. The minimum atomic E-state index is -3.49. The standard InChI is InChI=1S/C14H20N2O5S/c1-10-4-3-5-11(6-10)13(18)16-7-12(17)14(19,9-16)8-15-22(2,20)21/h3-6,12,15,17,19H,7-9H2,1-2H3/t12-,14+/m1/s1. The van der Waals surface area contributed by atoms with Crippen LogP contribution in [0.2, 0.25) is 0 Å². The molecule has 0 aliphatic carbocycles. The van der Waals surface area contributed by atoms with Crippen LogP contribution in [-0.4, -0.2) is 67.0 Å². The lowest BCUT2D eigenvalue weighted by Crippen LogP contribution is -2.51. The zero-order chi connectivity index (χ0) is 16.5. The summed E-state index contributed by atoms with van der Waals surface area (Å²) in [6.45, 7) is 1.34. The van der Waals surface area contributed by atoms with Crippen molar-refractivity contribution in [1.82, 2.24) is 9.62 Å². The summed E-state index contributed by atoms with van der Waals surface area (Å²) < 4.78 is 24.4. The van der Waals surface area contributed by atoms with Gasteiger partial charge in [0.25, 0.3) is 5.91 Å². The number of nitrogens with one attached hydrogen (secondary N) is 1. The molecule has 0 unspecified atom stereocenters. The van der Waals surface area contributed by atoms with Crippen molar-refractivity contribution in [2.24, 2.45) is 0 Å². The summed E-state index contributed by atoms with van der Waals surface area (Å²) in [5.41, 5.74) is -0.296. The van der Waals surface area contributed by atoms with Gasteiger partial charge in [0.15, 0.2) is 0 Å². The molecule has 1 aliphatic rings. The molecule has 2 rings (SSSR count). The number of hydrogen-bond donors (Lipinski definition) is 3. The molecule has 0 spiro atoms. The average molecular weight is 328 g/mol. The zero-order valence-corrected chi connectivity index (χ0v) is 13.3. The number of carbonyl (C=O) groups excluding carboxylic acids is 1. The summed E-state index contributed by atoms with van der Waals surface area (Å²) in [4.78, 5) is 13.7. The Bertz CT molecular complexity index is 676. The van der Waals surface area contributed by atoms with Gasteiger partial charge in [0.05, 0.1) is 12.8 Å². The molecule has 2 atom stereocenters. The number of likely N-dealkylation sites (tertiary alicyclic amines) is 1. The maximum atomic E-state index is 12.4. The fraction of sp³-hybridized carbons (Fsp3) is 0.500. The van der Waals surface area contributed by atoms with Gasteiger partial charge in [-0.25, -0.2) is 13.1 Å². The van der Waals surface area contributed by atoms with Gasteiger partial charge in [-0.3, -0.25) is 4.79 Å². The lowest BCUT2D eigenvalue weighted by Gasteiger charge is -2.25. The monoisotopic (exact) mass is 328 g/mol. The summed E-state index contributed by atoms with van der Waals surface area (Å²) in [5.74, 6) is -0.307. The van der Waals surface area contributed by atoms with E-state index < -0.39 is 21.7 Å². The highest BCUT2D eigenvalue weighted by molar-refractivity contribution is 7.88. The Labute approximate surface area is 129 Å². The van der Waals surface area contributed by atoms with Crippen molar-refractivity contribution < 1.29 is 23.4 Å². The first kappa shape index (κ1) is 16.9. The minimum absolute atomic E-state index is 0.0469. The fourth-order valence-electron chi connectivity index (χ4n) is 2.42. The molecule has 7 nitrogen and oxygen atoms in total. The van der Waals surface area contributed by atoms with E-state index in [1.807, 2.05) is 13.0 Å². The number of β-amino-alcohol motifs (C(OH)–C–C–N with tert-alkyl or cyclic N) is 2. The highest BCUT2D eigenvalue weighted by Crippen LogP contribution is 2.23. The number of hydrogen-bond acceptors (Lipinski definition) is 5. The lowest BCUT2D eigenvalue weighted by atomic mass is 10.0. The maximum Gasteiger partial charge on any atom is 0.254 e. The van der Waals surface area contributed by atoms with Crippen molar-refractivity contribution in [2.45, 2.75) is 18.6 Å². The van der Waals surface area contributed by atoms with E-state index in [4.69, 9.17) is 0 Å². The molecule has 1 aliphatic heterocycles. The predicted octanol–water partition coefficient (Wildman–Crippen LogP) is -0.908. The van der Waals surface area contributed by atoms with Gasteiger partial charge in [-0.2, -0.15) is 0 Å². The number of amides is 1. The summed E-state index contributed by atoms with van der Waals surface area (Å²) in [6, 6.07) is 7.00. The van der Waals surface area contributed by atoms with E-state index in [0.29, 0.717) is 5.56 Å². The van der Waals surface area contributed by atoms with Crippen LogP contribution in [0.25, 0.3) is 0 Å². The molecule has 8 heteroatoms. The number of nitrogens with zero attached hydrogens (tertiary/aromatic N) is 1. The molecule has 1 aromatic carbocycles. The van der Waals surface area contributed by atoms with Gasteiger partial charge < -0.3 is 15.1 Å². The molecule has 0 aromatic heterocycles. The second-order valence-corrected chi connectivity index (χ2v) is 7.60. The average Bonchev–Trinajstić information content (AvgIpc) is 2.72. The molecule has 0 radical (unpaired) electrons. The lowest BCUT2D eigenvalue weighted by molar-refractivity contribution is -0.0352. The van der Waals surface area contributed by atoms with Gasteiger partial charge in [-0.1, -0.05) is 17.7 Å². The van der Waals surface area contributed by atoms with Crippen molar-refractivity contribution in [3.63, 3.8) is 0 Å². The third-order valence-corrected chi connectivity index (χ3v) is 4.34. The zero-order valence-electron chi connectivity index (χ0n) is 12.5. The Balaban J connectivity index is 2.11. The smallest absolute Gasteiger partial charge is 0.254 e. The number of aryl methyl sites for hydroxylation is 1. The van der Waals surface area contributed by atoms with Crippen LogP contribution in [-0.2, 0) is 10.0 Å². The summed E-state index contributed by atoms with van der Waals surface area (Å²) in [6.07, 6.45) is -0.247. The normalized spacial score (nSPS) is 25.5. The molecule has 1 fully saturated rings. The Kier molecular flexibility index (Phi) is 4.57. The molecule has 1 amide bonds. The first-order chi connectivity index (χ1) is 10.1. The topological polar surface area (TPSA) is 107 Å². The molecular weight excluding hydrogens is 308 g/mol. The second-order valence-electron chi connectivity index (χ2n) is 5.77. The van der Waals surface area contributed by atoms with Crippen molar-refractivity contribution in [3.8, 4) is 0 Å². The first-order valence-corrected chi connectivity index (χ1v) is 8.71. The second kappa shape index (κ2) is 5.96. The van der Waals surface area contributed by atoms with E-state index in [-0.39, 0.29) is 25.5 Å². The van der Waals surface area contributed by atoms with Crippen LogP contribution >= 0.6 is 0 Å². The van der Waals surface area contributed by atoms with Gasteiger partial charge in [0.1, 0.15) is 11.7 Å². The predicted molar refractivity (Wildman–Crippen MR) is 80.9 cm³/mol. The van der Waals surface area contributed by atoms with Gasteiger partial charge in [-0.15, -0.1) is 0 Å². The Hall–Kier alpha value is -1.48. The third-order valence-electron chi connectivity index (χ3n) is 3.67. The molecule has 0 bridgehead atoms. The minimum Gasteiger partial charge on any atom is -0.388 e. The van der Waals surface area contributed by atoms with E-state index >= 15 is 0 Å². The summed E-state index contributed by atoms with van der Waals surface area (Å²) >= 11 is 0. The van der Waals surface area contributed by atoms with Gasteiger partial charge in [-0.05, 0) is 19.1 Å². The van der Waals surface area contributed by atoms with Crippen molar-refractivity contribution >= 4 is 15.9 Å². The molecule has 22 heavy (non-hydrogen) atoms. The van der Waals surface area contributed by atoms with Crippen molar-refractivity contribution in [1.29, 1.82) is 0 Å². The van der Waals surface area contributed by atoms with Crippen molar-refractivity contribution in [3.05, 3.63) is 35.4 Å². The van der Waals surface area contributed by atoms with E-state index in [2.05, 4.69) is 4.72 Å². The molecule has 1 aromatic rings. The van der Waals surface area contributed by atoms with Crippen LogP contribution < -0.4 is 4.72 Å². The molecule has 1 saturated heterocycles. The molecular formula is C14H20N2O5S. The number of aliphatic hydroxyl groups excluding tert-OH is 1. The highest BCUT2D eigenvalue weighted by Gasteiger charge is 2.46. The summed E-state index contributed by atoms with van der Waals surface area (Å²) in [7, 11) is -3.49. The SMILES string of the molecule is Cc1cccc(C(=O)N2C[C@@H](O)[C@](O)(CNS(C)(=O)=O)C2)c1. The Morgan fingerprint density at radius 3 is 2.77 bits per heavy atom. The quantitative estimate of drug-likeness (QED) is 0.663. The largest absolute Gasteiger partial charge is 0.388 e. The van der Waals surface area contributed by atoms with E-state index in [9.17, 15) is 23.4 Å². The first-order valence-electron chi connectivity index (χ1n) is 6.82. The van der Waals surface area contributed by atoms with Crippen LogP contribution in [0, 0.1) is 6.92 Å². The van der Waals surface area contributed by atoms with Crippen LogP contribution in [0.5, 0.6) is 0 Å². The number of aliphatic hydroxyl groups is 2. The highest BCUT2D eigenvalue weighted by atomic mass is 32.2. The Morgan fingerprint density at radius 2 is 2.18 bits per heavy atom. The van der Waals surface area contributed by atoms with E-state index in [1.165, 1.54) is 4.90 Å². The van der Waals surface area contributed by atoms with E-state index in [1.54, 1.807) is 18.2 Å². The number of sulfonamides is 1. The molecule has 3 N–H and O–H groups in total. The van der Waals surface area contributed by atoms with Crippen LogP contribution in [0.3, 0.4) is 0 Å². The third kappa shape index (κ3) is 3.83. The molecule has 1 heterocycles. The van der Waals surface area contributed by atoms with E-state index in [0.717, 1.165) is 11.8 Å². The van der Waals surface area contributed by atoms with Crippen molar-refractivity contribution in [2.75, 3.05) is 25.9 Å². The van der Waals surface area contributed by atoms with Crippen LogP contribution in [0.15, 0.2) is 24.3 Å². The van der Waals surface area contributed by atoms with Crippen LogP contribution in [0.4, 0.5) is 0 Å². The number of carbonyl (C=O) groups is 1. The van der Waals surface area contributed by atoms with Gasteiger partial charge in [0.2, 0.25) is 10.0 Å². The summed E-state index contributed by atoms with van der Waals surface area (Å²) in [5, 5.41) is 20.4. The molecule has 122 valence electrons. The fourth-order valence-corrected chi connectivity index (χ4v) is 2.94. The van der Waals surface area contributed by atoms with Gasteiger partial charge in [0, 0.05) is 18.7 Å².